The third-order valence-electron chi connectivity index (χ3n) is 5.10. The molecule has 0 bridgehead atoms. The van der Waals surface area contributed by atoms with Crippen molar-refractivity contribution < 1.29 is 18.3 Å². The number of carbonyl (C=O) groups is 1. The average Bonchev–Trinajstić information content (AvgIpc) is 2.77. The SMILES string of the molecule is CCN(CC)S(=O)(=O)c1ccc(O)c(NC(=O)C(c2ccccc2)c2ccccc2)c1. The molecular weight excluding hydrogens is 412 g/mol. The van der Waals surface area contributed by atoms with Crippen molar-refractivity contribution in [1.82, 2.24) is 4.31 Å². The molecule has 7 heteroatoms. The number of anilines is 1. The summed E-state index contributed by atoms with van der Waals surface area (Å²) in [7, 11) is -3.73. The molecule has 0 saturated carbocycles. The quantitative estimate of drug-likeness (QED) is 0.516. The van der Waals surface area contributed by atoms with Crippen molar-refractivity contribution in [2.45, 2.75) is 24.7 Å². The lowest BCUT2D eigenvalue weighted by molar-refractivity contribution is -0.116. The minimum Gasteiger partial charge on any atom is -0.506 e. The first-order chi connectivity index (χ1) is 14.9. The van der Waals surface area contributed by atoms with Gasteiger partial charge in [-0.2, -0.15) is 4.31 Å². The fourth-order valence-electron chi connectivity index (χ4n) is 3.48. The molecule has 0 saturated heterocycles. The maximum absolute atomic E-state index is 13.3. The molecule has 31 heavy (non-hydrogen) atoms. The van der Waals surface area contributed by atoms with Crippen molar-refractivity contribution in [1.29, 1.82) is 0 Å². The molecule has 0 aliphatic carbocycles. The number of rotatable bonds is 8. The Morgan fingerprint density at radius 1 is 0.903 bits per heavy atom. The monoisotopic (exact) mass is 438 g/mol. The Morgan fingerprint density at radius 3 is 1.90 bits per heavy atom. The molecule has 0 fully saturated rings. The summed E-state index contributed by atoms with van der Waals surface area (Å²) >= 11 is 0. The van der Waals surface area contributed by atoms with Crippen molar-refractivity contribution in [2.24, 2.45) is 0 Å². The second-order valence-electron chi connectivity index (χ2n) is 7.01. The first kappa shape index (κ1) is 22.5. The molecule has 0 heterocycles. The van der Waals surface area contributed by atoms with Gasteiger partial charge in [0.2, 0.25) is 15.9 Å². The molecule has 0 radical (unpaired) electrons. The van der Waals surface area contributed by atoms with Gasteiger partial charge in [0.05, 0.1) is 16.5 Å². The average molecular weight is 439 g/mol. The first-order valence-electron chi connectivity index (χ1n) is 10.1. The normalized spacial score (nSPS) is 11.6. The molecule has 1 amide bonds. The number of hydrogen-bond donors (Lipinski definition) is 2. The first-order valence-corrected chi connectivity index (χ1v) is 11.6. The van der Waals surface area contributed by atoms with Crippen LogP contribution in [-0.4, -0.2) is 36.8 Å². The maximum Gasteiger partial charge on any atom is 0.243 e. The highest BCUT2D eigenvalue weighted by Gasteiger charge is 2.26. The number of nitrogens with zero attached hydrogens (tertiary/aromatic N) is 1. The Labute approximate surface area is 183 Å². The number of phenols is 1. The van der Waals surface area contributed by atoms with Gasteiger partial charge in [0, 0.05) is 13.1 Å². The summed E-state index contributed by atoms with van der Waals surface area (Å²) in [5.41, 5.74) is 1.63. The third kappa shape index (κ3) is 4.95. The summed E-state index contributed by atoms with van der Waals surface area (Å²) in [4.78, 5) is 13.3. The predicted molar refractivity (Wildman–Crippen MR) is 122 cm³/mol. The van der Waals surface area contributed by atoms with Crippen LogP contribution in [0.25, 0.3) is 0 Å². The lowest BCUT2D eigenvalue weighted by Gasteiger charge is -2.20. The Balaban J connectivity index is 1.98. The van der Waals surface area contributed by atoms with E-state index in [1.54, 1.807) is 13.8 Å². The molecule has 2 N–H and O–H groups in total. The van der Waals surface area contributed by atoms with Gasteiger partial charge in [0.15, 0.2) is 0 Å². The maximum atomic E-state index is 13.3. The van der Waals surface area contributed by atoms with Crippen molar-refractivity contribution >= 4 is 21.6 Å². The Morgan fingerprint density at radius 2 is 1.42 bits per heavy atom. The van der Waals surface area contributed by atoms with Crippen molar-refractivity contribution in [2.75, 3.05) is 18.4 Å². The largest absolute Gasteiger partial charge is 0.506 e. The van der Waals surface area contributed by atoms with E-state index in [2.05, 4.69) is 5.32 Å². The second kappa shape index (κ2) is 9.76. The third-order valence-corrected chi connectivity index (χ3v) is 7.14. The van der Waals surface area contributed by atoms with Crippen LogP contribution in [0.3, 0.4) is 0 Å². The minimum atomic E-state index is -3.73. The van der Waals surface area contributed by atoms with Gasteiger partial charge in [0.25, 0.3) is 0 Å². The van der Waals surface area contributed by atoms with E-state index in [9.17, 15) is 18.3 Å². The highest BCUT2D eigenvalue weighted by Crippen LogP contribution is 2.31. The van der Waals surface area contributed by atoms with E-state index in [-0.39, 0.29) is 22.2 Å². The highest BCUT2D eigenvalue weighted by atomic mass is 32.2. The molecule has 162 valence electrons. The topological polar surface area (TPSA) is 86.7 Å². The number of nitrogens with one attached hydrogen (secondary N) is 1. The van der Waals surface area contributed by atoms with Crippen molar-refractivity contribution in [3.8, 4) is 5.75 Å². The lowest BCUT2D eigenvalue weighted by atomic mass is 9.90. The van der Waals surface area contributed by atoms with E-state index in [4.69, 9.17) is 0 Å². The number of amides is 1. The van der Waals surface area contributed by atoms with E-state index in [1.165, 1.54) is 22.5 Å². The zero-order valence-electron chi connectivity index (χ0n) is 17.5. The molecular formula is C24H26N2O4S. The van der Waals surface area contributed by atoms with E-state index in [1.807, 2.05) is 60.7 Å². The van der Waals surface area contributed by atoms with E-state index in [0.717, 1.165) is 11.1 Å². The van der Waals surface area contributed by atoms with Crippen LogP contribution in [0, 0.1) is 0 Å². The Kier molecular flexibility index (Phi) is 7.09. The van der Waals surface area contributed by atoms with Crippen LogP contribution in [0.1, 0.15) is 30.9 Å². The molecule has 0 aliphatic rings. The number of carbonyl (C=O) groups excluding carboxylic acids is 1. The van der Waals surface area contributed by atoms with Gasteiger partial charge < -0.3 is 10.4 Å². The van der Waals surface area contributed by atoms with Crippen LogP contribution in [0.15, 0.2) is 83.8 Å². The summed E-state index contributed by atoms with van der Waals surface area (Å²) in [6.45, 7) is 4.17. The summed E-state index contributed by atoms with van der Waals surface area (Å²) in [6.07, 6.45) is 0. The van der Waals surface area contributed by atoms with Gasteiger partial charge >= 0.3 is 0 Å². The number of phenolic OH excluding ortho intramolecular Hbond substituents is 1. The molecule has 3 aromatic rings. The van der Waals surface area contributed by atoms with Crippen LogP contribution in [0.5, 0.6) is 5.75 Å². The van der Waals surface area contributed by atoms with Crippen LogP contribution in [-0.2, 0) is 14.8 Å². The fraction of sp³-hybridized carbons (Fsp3) is 0.208. The molecule has 0 unspecified atom stereocenters. The van der Waals surface area contributed by atoms with Crippen molar-refractivity contribution in [3.05, 3.63) is 90.0 Å². The molecule has 3 aromatic carbocycles. The summed E-state index contributed by atoms with van der Waals surface area (Å²) in [6, 6.07) is 22.5. The number of aromatic hydroxyl groups is 1. The summed E-state index contributed by atoms with van der Waals surface area (Å²) in [5.74, 6) is -1.19. The molecule has 0 spiro atoms. The predicted octanol–water partition coefficient (Wildman–Crippen LogP) is 4.19. The second-order valence-corrected chi connectivity index (χ2v) is 8.95. The van der Waals surface area contributed by atoms with Gasteiger partial charge in [-0.25, -0.2) is 8.42 Å². The molecule has 6 nitrogen and oxygen atoms in total. The number of hydrogen-bond acceptors (Lipinski definition) is 4. The molecule has 3 rings (SSSR count). The fourth-order valence-corrected chi connectivity index (χ4v) is 4.96. The molecule has 0 aromatic heterocycles. The lowest BCUT2D eigenvalue weighted by Crippen LogP contribution is -2.30. The highest BCUT2D eigenvalue weighted by molar-refractivity contribution is 7.89. The Bertz CT molecular complexity index is 1090. The summed E-state index contributed by atoms with van der Waals surface area (Å²) in [5, 5.41) is 13.0. The standard InChI is InChI=1S/C24H26N2O4S/c1-3-26(4-2)31(29,30)20-15-16-22(27)21(17-20)25-24(28)23(18-11-7-5-8-12-18)19-13-9-6-10-14-19/h5-17,23,27H,3-4H2,1-2H3,(H,25,28). The molecule has 0 aliphatic heterocycles. The van der Waals surface area contributed by atoms with Crippen LogP contribution < -0.4 is 5.32 Å². The van der Waals surface area contributed by atoms with Gasteiger partial charge in [-0.1, -0.05) is 74.5 Å². The number of sulfonamides is 1. The Hall–Kier alpha value is -3.16. The zero-order valence-corrected chi connectivity index (χ0v) is 18.3. The zero-order chi connectivity index (χ0) is 22.4. The van der Waals surface area contributed by atoms with Gasteiger partial charge in [0.1, 0.15) is 5.75 Å². The van der Waals surface area contributed by atoms with E-state index >= 15 is 0 Å². The van der Waals surface area contributed by atoms with Gasteiger partial charge in [-0.15, -0.1) is 0 Å². The van der Waals surface area contributed by atoms with Gasteiger partial charge in [-0.05, 0) is 29.3 Å². The number of benzene rings is 3. The van der Waals surface area contributed by atoms with Crippen molar-refractivity contribution in [3.63, 3.8) is 0 Å². The van der Waals surface area contributed by atoms with Gasteiger partial charge in [-0.3, -0.25) is 4.79 Å². The van der Waals surface area contributed by atoms with E-state index < -0.39 is 15.9 Å². The van der Waals surface area contributed by atoms with Crippen LogP contribution in [0.4, 0.5) is 5.69 Å². The van der Waals surface area contributed by atoms with E-state index in [0.29, 0.717) is 13.1 Å². The van der Waals surface area contributed by atoms with Crippen LogP contribution >= 0.6 is 0 Å². The van der Waals surface area contributed by atoms with Crippen LogP contribution in [0.2, 0.25) is 0 Å². The minimum absolute atomic E-state index is 0.0141. The molecule has 0 atom stereocenters. The smallest absolute Gasteiger partial charge is 0.243 e. The summed E-state index contributed by atoms with van der Waals surface area (Å²) < 4.78 is 27.0.